The molecule has 2 aromatic carbocycles. The van der Waals surface area contributed by atoms with Crippen LogP contribution in [0.4, 0.5) is 15.8 Å². The summed E-state index contributed by atoms with van der Waals surface area (Å²) in [7, 11) is 0. The summed E-state index contributed by atoms with van der Waals surface area (Å²) in [6.07, 6.45) is 2.99. The molecular formula is C21H24FN3O3S. The summed E-state index contributed by atoms with van der Waals surface area (Å²) in [5, 5.41) is 3.88. The molecule has 3 rings (SSSR count). The largest absolute Gasteiger partial charge is 0.499 e. The molecule has 3 aromatic rings. The van der Waals surface area contributed by atoms with Crippen molar-refractivity contribution in [2.75, 3.05) is 18.5 Å². The van der Waals surface area contributed by atoms with Gasteiger partial charge in [-0.15, -0.1) is 0 Å². The lowest BCUT2D eigenvalue weighted by atomic mass is 10.1. The van der Waals surface area contributed by atoms with Crippen LogP contribution >= 0.6 is 11.5 Å². The molecule has 0 aliphatic heterocycles. The van der Waals surface area contributed by atoms with Crippen LogP contribution < -0.4 is 10.8 Å². The van der Waals surface area contributed by atoms with Gasteiger partial charge in [0.1, 0.15) is 19.0 Å². The highest BCUT2D eigenvalue weighted by Gasteiger charge is 2.17. The van der Waals surface area contributed by atoms with E-state index in [-0.39, 0.29) is 18.9 Å². The van der Waals surface area contributed by atoms with Gasteiger partial charge in [0.05, 0.1) is 27.9 Å². The van der Waals surface area contributed by atoms with E-state index in [2.05, 4.69) is 21.7 Å². The fourth-order valence-corrected chi connectivity index (χ4v) is 3.20. The fourth-order valence-electron chi connectivity index (χ4n) is 2.45. The number of nitrogens with one attached hydrogen (secondary N) is 2. The van der Waals surface area contributed by atoms with Crippen LogP contribution in [0.15, 0.2) is 49.4 Å². The summed E-state index contributed by atoms with van der Waals surface area (Å²) in [4.78, 5) is 17.7. The minimum atomic E-state index is -0.459. The zero-order valence-electron chi connectivity index (χ0n) is 16.6. The third-order valence-corrected chi connectivity index (χ3v) is 4.57. The predicted octanol–water partition coefficient (Wildman–Crippen LogP) is 5.34. The first-order valence-corrected chi connectivity index (χ1v) is 9.92. The number of aromatic nitrogens is 1. The summed E-state index contributed by atoms with van der Waals surface area (Å²) >= 11 is 1.22. The number of carbonyl (C=O) groups excluding carboxylic acids is 1. The zero-order valence-corrected chi connectivity index (χ0v) is 17.4. The number of benzene rings is 2. The van der Waals surface area contributed by atoms with E-state index in [0.717, 1.165) is 15.6 Å². The maximum atomic E-state index is 14.3. The van der Waals surface area contributed by atoms with Crippen molar-refractivity contribution in [3.05, 3.63) is 66.3 Å². The number of aryl methyl sites for hydroxylation is 1. The first-order valence-electron chi connectivity index (χ1n) is 9.15. The van der Waals surface area contributed by atoms with Gasteiger partial charge in [0.2, 0.25) is 0 Å². The Morgan fingerprint density at radius 1 is 1.28 bits per heavy atom. The summed E-state index contributed by atoms with van der Waals surface area (Å²) < 4.78 is 24.1. The number of nitrogens with zero attached hydrogens (tertiary/aromatic N) is 1. The molecule has 2 N–H and O–H groups in total. The van der Waals surface area contributed by atoms with Gasteiger partial charge < -0.3 is 10.1 Å². The zero-order chi connectivity index (χ0) is 21.2. The lowest BCUT2D eigenvalue weighted by Crippen LogP contribution is -2.26. The third kappa shape index (κ3) is 5.75. The Balaban J connectivity index is 0.00000145. The monoisotopic (exact) mass is 417 g/mol. The number of rotatable bonds is 8. The van der Waals surface area contributed by atoms with E-state index >= 15 is 0 Å². The number of hydrogen-bond acceptors (Lipinski definition) is 6. The van der Waals surface area contributed by atoms with Crippen molar-refractivity contribution >= 4 is 38.9 Å². The molecule has 0 radical (unpaired) electrons. The standard InChI is InChI=1S/C19H18FN3O3S.C2H6/c1-3-25-8-9-26-23-19(24)14-6-5-13-11-21-27-18(13)17(14)22-16-7-4-12(2)10-15(16)20;1-2/h3-7,10-11,22H,1,8-9H2,2H3,(H,23,24);1-2H3. The number of carbonyl (C=O) groups is 1. The van der Waals surface area contributed by atoms with Gasteiger partial charge in [-0.3, -0.25) is 9.63 Å². The maximum absolute atomic E-state index is 14.3. The summed E-state index contributed by atoms with van der Waals surface area (Å²) in [6, 6.07) is 8.28. The third-order valence-electron chi connectivity index (χ3n) is 3.74. The highest BCUT2D eigenvalue weighted by atomic mass is 32.1. The Hall–Kier alpha value is -2.97. The Morgan fingerprint density at radius 3 is 2.79 bits per heavy atom. The van der Waals surface area contributed by atoms with Gasteiger partial charge in [-0.25, -0.2) is 9.87 Å². The van der Waals surface area contributed by atoms with Crippen LogP contribution in [0, 0.1) is 12.7 Å². The van der Waals surface area contributed by atoms with Crippen molar-refractivity contribution in [3.63, 3.8) is 0 Å². The van der Waals surface area contributed by atoms with Crippen LogP contribution in [0.1, 0.15) is 29.8 Å². The molecule has 6 nitrogen and oxygen atoms in total. The molecule has 0 aliphatic rings. The van der Waals surface area contributed by atoms with Gasteiger partial charge in [0.25, 0.3) is 5.91 Å². The summed E-state index contributed by atoms with van der Waals surface area (Å²) in [5.74, 6) is -0.861. The van der Waals surface area contributed by atoms with E-state index in [4.69, 9.17) is 9.57 Å². The van der Waals surface area contributed by atoms with Gasteiger partial charge in [-0.2, -0.15) is 4.37 Å². The van der Waals surface area contributed by atoms with E-state index in [1.54, 1.807) is 30.5 Å². The number of hydroxylamine groups is 1. The van der Waals surface area contributed by atoms with Crippen molar-refractivity contribution in [3.8, 4) is 0 Å². The minimum absolute atomic E-state index is 0.163. The highest BCUT2D eigenvalue weighted by molar-refractivity contribution is 7.14. The van der Waals surface area contributed by atoms with Crippen LogP contribution in [0.5, 0.6) is 0 Å². The quantitative estimate of drug-likeness (QED) is 0.294. The van der Waals surface area contributed by atoms with Crippen LogP contribution in [0.2, 0.25) is 0 Å². The van der Waals surface area contributed by atoms with Gasteiger partial charge >= 0.3 is 0 Å². The molecular weight excluding hydrogens is 393 g/mol. The molecule has 0 saturated carbocycles. The number of ether oxygens (including phenoxy) is 1. The molecule has 29 heavy (non-hydrogen) atoms. The number of hydrogen-bond donors (Lipinski definition) is 2. The molecule has 0 saturated heterocycles. The van der Waals surface area contributed by atoms with Crippen molar-refractivity contribution in [2.45, 2.75) is 20.8 Å². The normalized spacial score (nSPS) is 10.1. The second kappa shape index (κ2) is 11.1. The molecule has 154 valence electrons. The van der Waals surface area contributed by atoms with Crippen LogP contribution in [-0.4, -0.2) is 23.5 Å². The molecule has 1 aromatic heterocycles. The number of halogens is 1. The number of fused-ring (bicyclic) bond motifs is 1. The second-order valence-corrected chi connectivity index (χ2v) is 6.46. The molecule has 1 heterocycles. The summed E-state index contributed by atoms with van der Waals surface area (Å²) in [6.45, 7) is 9.65. The van der Waals surface area contributed by atoms with Crippen molar-refractivity contribution < 1.29 is 18.8 Å². The fraction of sp³-hybridized carbons (Fsp3) is 0.238. The smallest absolute Gasteiger partial charge is 0.277 e. The van der Waals surface area contributed by atoms with E-state index in [1.807, 2.05) is 20.8 Å². The molecule has 0 atom stereocenters. The van der Waals surface area contributed by atoms with E-state index in [1.165, 1.54) is 23.9 Å². The predicted molar refractivity (Wildman–Crippen MR) is 115 cm³/mol. The van der Waals surface area contributed by atoms with Crippen LogP contribution in [0.25, 0.3) is 10.1 Å². The highest BCUT2D eigenvalue weighted by Crippen LogP contribution is 2.33. The topological polar surface area (TPSA) is 72.5 Å². The van der Waals surface area contributed by atoms with E-state index in [9.17, 15) is 9.18 Å². The minimum Gasteiger partial charge on any atom is -0.499 e. The molecule has 0 aliphatic carbocycles. The van der Waals surface area contributed by atoms with Crippen LogP contribution in [0.3, 0.4) is 0 Å². The SMILES string of the molecule is C=COCCONC(=O)c1ccc2cnsc2c1Nc1ccc(C)cc1F.CC. The first-order chi connectivity index (χ1) is 14.1. The molecule has 0 fully saturated rings. The number of anilines is 2. The molecule has 1 amide bonds. The second-order valence-electron chi connectivity index (χ2n) is 5.66. The first kappa shape index (κ1) is 22.3. The van der Waals surface area contributed by atoms with E-state index < -0.39 is 11.7 Å². The van der Waals surface area contributed by atoms with Crippen molar-refractivity contribution in [2.24, 2.45) is 0 Å². The molecule has 0 unspecified atom stereocenters. The Labute approximate surface area is 173 Å². The average Bonchev–Trinajstić information content (AvgIpc) is 3.20. The van der Waals surface area contributed by atoms with Crippen molar-refractivity contribution in [1.82, 2.24) is 9.85 Å². The molecule has 8 heteroatoms. The van der Waals surface area contributed by atoms with Gasteiger partial charge in [-0.05, 0) is 42.2 Å². The molecule has 0 spiro atoms. The van der Waals surface area contributed by atoms with Gasteiger partial charge in [0.15, 0.2) is 0 Å². The van der Waals surface area contributed by atoms with Gasteiger partial charge in [-0.1, -0.05) is 32.6 Å². The Bertz CT molecular complexity index is 975. The molecule has 0 bridgehead atoms. The lowest BCUT2D eigenvalue weighted by Gasteiger charge is -2.14. The number of amides is 1. The van der Waals surface area contributed by atoms with Crippen LogP contribution in [-0.2, 0) is 9.57 Å². The van der Waals surface area contributed by atoms with Gasteiger partial charge in [0, 0.05) is 11.6 Å². The Morgan fingerprint density at radius 2 is 2.07 bits per heavy atom. The van der Waals surface area contributed by atoms with Crippen molar-refractivity contribution in [1.29, 1.82) is 0 Å². The summed E-state index contributed by atoms with van der Waals surface area (Å²) in [5.41, 5.74) is 4.23. The lowest BCUT2D eigenvalue weighted by molar-refractivity contribution is 0.0145. The maximum Gasteiger partial charge on any atom is 0.277 e. The Kier molecular flexibility index (Phi) is 8.57. The average molecular weight is 418 g/mol. The van der Waals surface area contributed by atoms with E-state index in [0.29, 0.717) is 11.3 Å².